The molecule has 49 heavy (non-hydrogen) atoms. The SMILES string of the molecule is COc1ccc(CCNC(=O)[C@H](c2ccccc2)N(Cc2ccccc2)C(=O)COc2ccc(S(=O)(=O)Nc3ccc(F)cc3)cc2)cc1. The summed E-state index contributed by atoms with van der Waals surface area (Å²) in [6.45, 7) is 0.0829. The van der Waals surface area contributed by atoms with E-state index in [4.69, 9.17) is 9.47 Å². The number of nitrogens with zero attached hydrogens (tertiary/aromatic N) is 1. The van der Waals surface area contributed by atoms with E-state index < -0.39 is 34.4 Å². The van der Waals surface area contributed by atoms with Gasteiger partial charge >= 0.3 is 0 Å². The highest BCUT2D eigenvalue weighted by Gasteiger charge is 2.31. The number of carbonyl (C=O) groups excluding carboxylic acids is 2. The second kappa shape index (κ2) is 16.4. The van der Waals surface area contributed by atoms with Gasteiger partial charge < -0.3 is 19.7 Å². The first-order valence-corrected chi connectivity index (χ1v) is 17.0. The maximum Gasteiger partial charge on any atom is 0.261 e. The molecule has 0 saturated heterocycles. The smallest absolute Gasteiger partial charge is 0.261 e. The normalized spacial score (nSPS) is 11.6. The molecule has 0 saturated carbocycles. The molecule has 0 fully saturated rings. The van der Waals surface area contributed by atoms with Gasteiger partial charge in [-0.25, -0.2) is 12.8 Å². The van der Waals surface area contributed by atoms with Crippen LogP contribution in [0.2, 0.25) is 0 Å². The number of hydrogen-bond acceptors (Lipinski definition) is 6. The number of benzene rings is 5. The molecule has 5 aromatic rings. The summed E-state index contributed by atoms with van der Waals surface area (Å²) in [7, 11) is -2.35. The molecule has 9 nitrogen and oxygen atoms in total. The Labute approximate surface area is 285 Å². The van der Waals surface area contributed by atoms with Gasteiger partial charge in [0.25, 0.3) is 15.9 Å². The van der Waals surface area contributed by atoms with Crippen LogP contribution in [0.4, 0.5) is 10.1 Å². The third-order valence-corrected chi connectivity index (χ3v) is 9.05. The van der Waals surface area contributed by atoms with Crippen molar-refractivity contribution in [2.75, 3.05) is 25.0 Å². The molecule has 0 aliphatic heterocycles. The molecule has 1 atom stereocenters. The summed E-state index contributed by atoms with van der Waals surface area (Å²) in [5.74, 6) is -0.269. The fourth-order valence-electron chi connectivity index (χ4n) is 5.11. The van der Waals surface area contributed by atoms with E-state index >= 15 is 0 Å². The molecule has 0 aliphatic rings. The molecule has 0 unspecified atom stereocenters. The summed E-state index contributed by atoms with van der Waals surface area (Å²) in [5, 5.41) is 3.01. The fraction of sp³-hybridized carbons (Fsp3) is 0.158. The lowest BCUT2D eigenvalue weighted by Gasteiger charge is -2.31. The van der Waals surface area contributed by atoms with Crippen LogP contribution in [0.15, 0.2) is 138 Å². The standard InChI is InChI=1S/C38H36FN3O6S/c1-47-33-18-12-28(13-19-33)24-25-40-38(44)37(30-10-6-3-7-11-30)42(26-29-8-4-2-5-9-29)36(43)27-48-34-20-22-35(23-21-34)49(45,46)41-32-16-14-31(39)15-17-32/h2-23,37,41H,24-27H2,1H3,(H,40,44)/t37-/m0/s1. The van der Waals surface area contributed by atoms with Crippen LogP contribution in [-0.2, 0) is 32.6 Å². The summed E-state index contributed by atoms with van der Waals surface area (Å²) >= 11 is 0. The zero-order valence-corrected chi connectivity index (χ0v) is 27.6. The largest absolute Gasteiger partial charge is 0.497 e. The van der Waals surface area contributed by atoms with Crippen LogP contribution in [0.3, 0.4) is 0 Å². The number of hydrogen-bond donors (Lipinski definition) is 2. The number of nitrogens with one attached hydrogen (secondary N) is 2. The molecule has 0 aliphatic carbocycles. The molecular formula is C38H36FN3O6S. The highest BCUT2D eigenvalue weighted by atomic mass is 32.2. The van der Waals surface area contributed by atoms with Crippen LogP contribution < -0.4 is 19.5 Å². The predicted octanol–water partition coefficient (Wildman–Crippen LogP) is 6.14. The Balaban J connectivity index is 1.31. The zero-order chi connectivity index (χ0) is 34.6. The molecule has 0 heterocycles. The zero-order valence-electron chi connectivity index (χ0n) is 26.8. The molecule has 5 rings (SSSR count). The van der Waals surface area contributed by atoms with Gasteiger partial charge in [-0.05, 0) is 83.8 Å². The molecule has 2 amide bonds. The number of sulfonamides is 1. The monoisotopic (exact) mass is 681 g/mol. The Bertz CT molecular complexity index is 1920. The third-order valence-electron chi connectivity index (χ3n) is 7.66. The topological polar surface area (TPSA) is 114 Å². The molecule has 0 aromatic heterocycles. The average molecular weight is 682 g/mol. The second-order valence-electron chi connectivity index (χ2n) is 11.1. The minimum atomic E-state index is -3.96. The molecule has 2 N–H and O–H groups in total. The van der Waals surface area contributed by atoms with Gasteiger partial charge in [0.15, 0.2) is 6.61 Å². The molecule has 0 radical (unpaired) electrons. The molecular weight excluding hydrogens is 645 g/mol. The van der Waals surface area contributed by atoms with Crippen LogP contribution >= 0.6 is 0 Å². The minimum absolute atomic E-state index is 0.0448. The molecule has 252 valence electrons. The van der Waals surface area contributed by atoms with E-state index in [1.54, 1.807) is 19.2 Å². The van der Waals surface area contributed by atoms with E-state index in [-0.39, 0.29) is 28.8 Å². The van der Waals surface area contributed by atoms with E-state index in [0.29, 0.717) is 18.5 Å². The Morgan fingerprint density at radius 2 is 1.37 bits per heavy atom. The van der Waals surface area contributed by atoms with Crippen molar-refractivity contribution in [3.8, 4) is 11.5 Å². The van der Waals surface area contributed by atoms with Gasteiger partial charge in [0.1, 0.15) is 23.4 Å². The highest BCUT2D eigenvalue weighted by molar-refractivity contribution is 7.92. The number of carbonyl (C=O) groups is 2. The van der Waals surface area contributed by atoms with Crippen molar-refractivity contribution in [2.24, 2.45) is 0 Å². The second-order valence-corrected chi connectivity index (χ2v) is 12.8. The maximum absolute atomic E-state index is 13.9. The average Bonchev–Trinajstić information content (AvgIpc) is 3.12. The van der Waals surface area contributed by atoms with Gasteiger partial charge in [-0.1, -0.05) is 72.8 Å². The first-order chi connectivity index (χ1) is 23.7. The van der Waals surface area contributed by atoms with E-state index in [2.05, 4.69) is 10.0 Å². The number of halogens is 1. The lowest BCUT2D eigenvalue weighted by atomic mass is 10.0. The summed E-state index contributed by atoms with van der Waals surface area (Å²) in [6, 6.07) is 35.6. The highest BCUT2D eigenvalue weighted by Crippen LogP contribution is 2.25. The van der Waals surface area contributed by atoms with E-state index in [1.165, 1.54) is 41.3 Å². The van der Waals surface area contributed by atoms with Crippen LogP contribution in [0.25, 0.3) is 0 Å². The predicted molar refractivity (Wildman–Crippen MR) is 185 cm³/mol. The van der Waals surface area contributed by atoms with Crippen molar-refractivity contribution in [1.29, 1.82) is 0 Å². The number of methoxy groups -OCH3 is 1. The quantitative estimate of drug-likeness (QED) is 0.137. The minimum Gasteiger partial charge on any atom is -0.497 e. The van der Waals surface area contributed by atoms with Crippen molar-refractivity contribution in [1.82, 2.24) is 10.2 Å². The first-order valence-electron chi connectivity index (χ1n) is 15.5. The van der Waals surface area contributed by atoms with Crippen molar-refractivity contribution < 1.29 is 31.9 Å². The molecule has 11 heteroatoms. The molecule has 0 spiro atoms. The lowest BCUT2D eigenvalue weighted by molar-refractivity contribution is -0.143. The molecule has 5 aromatic carbocycles. The van der Waals surface area contributed by atoms with E-state index in [1.807, 2.05) is 72.8 Å². The fourth-order valence-corrected chi connectivity index (χ4v) is 6.16. The van der Waals surface area contributed by atoms with Crippen molar-refractivity contribution in [3.05, 3.63) is 156 Å². The van der Waals surface area contributed by atoms with Crippen LogP contribution in [0.1, 0.15) is 22.7 Å². The van der Waals surface area contributed by atoms with Crippen LogP contribution in [0, 0.1) is 5.82 Å². The Morgan fingerprint density at radius 3 is 2.00 bits per heavy atom. The van der Waals surface area contributed by atoms with Gasteiger partial charge in [0.05, 0.1) is 12.0 Å². The van der Waals surface area contributed by atoms with Crippen LogP contribution in [-0.4, -0.2) is 45.4 Å². The Kier molecular flexibility index (Phi) is 11.6. The van der Waals surface area contributed by atoms with Crippen molar-refractivity contribution in [2.45, 2.75) is 23.9 Å². The van der Waals surface area contributed by atoms with Gasteiger partial charge in [-0.3, -0.25) is 14.3 Å². The Morgan fingerprint density at radius 1 is 0.755 bits per heavy atom. The summed E-state index contributed by atoms with van der Waals surface area (Å²) < 4.78 is 52.3. The lowest BCUT2D eigenvalue weighted by Crippen LogP contribution is -2.45. The number of anilines is 1. The van der Waals surface area contributed by atoms with E-state index in [0.717, 1.165) is 29.0 Å². The molecule has 0 bridgehead atoms. The summed E-state index contributed by atoms with van der Waals surface area (Å²) in [4.78, 5) is 29.2. The van der Waals surface area contributed by atoms with Crippen molar-refractivity contribution in [3.63, 3.8) is 0 Å². The first kappa shape index (κ1) is 34.6. The summed E-state index contributed by atoms with van der Waals surface area (Å²) in [6.07, 6.45) is 0.581. The van der Waals surface area contributed by atoms with Gasteiger partial charge in [-0.2, -0.15) is 0 Å². The number of rotatable bonds is 15. The third kappa shape index (κ3) is 9.68. The van der Waals surface area contributed by atoms with Gasteiger partial charge in [0, 0.05) is 18.8 Å². The van der Waals surface area contributed by atoms with Gasteiger partial charge in [-0.15, -0.1) is 0 Å². The summed E-state index contributed by atoms with van der Waals surface area (Å²) in [5.41, 5.74) is 2.69. The Hall–Kier alpha value is -5.68. The maximum atomic E-state index is 13.9. The van der Waals surface area contributed by atoms with Crippen molar-refractivity contribution >= 4 is 27.5 Å². The number of amides is 2. The van der Waals surface area contributed by atoms with Gasteiger partial charge in [0.2, 0.25) is 5.91 Å². The van der Waals surface area contributed by atoms with E-state index in [9.17, 15) is 22.4 Å². The number of ether oxygens (including phenoxy) is 2. The van der Waals surface area contributed by atoms with Crippen LogP contribution in [0.5, 0.6) is 11.5 Å².